The predicted molar refractivity (Wildman–Crippen MR) is 62.3 cm³/mol. The van der Waals surface area contributed by atoms with E-state index in [1.54, 1.807) is 0 Å². The van der Waals surface area contributed by atoms with Crippen molar-refractivity contribution >= 4 is 32.3 Å². The summed E-state index contributed by atoms with van der Waals surface area (Å²) < 4.78 is 5.14. The third-order valence-corrected chi connectivity index (χ3v) is 3.05. The molecule has 14 heavy (non-hydrogen) atoms. The molecule has 0 spiro atoms. The summed E-state index contributed by atoms with van der Waals surface area (Å²) in [4.78, 5) is 11.2. The number of rotatable bonds is 2. The van der Waals surface area contributed by atoms with Crippen molar-refractivity contribution in [1.82, 2.24) is 0 Å². The maximum atomic E-state index is 11.2. The maximum Gasteiger partial charge on any atom is 0.309 e. The zero-order valence-electron chi connectivity index (χ0n) is 7.97. The number of ether oxygens (including phenoxy) is 1. The zero-order valence-corrected chi connectivity index (χ0v) is 10.1. The van der Waals surface area contributed by atoms with E-state index in [2.05, 4.69) is 4.74 Å². The first-order valence-electron chi connectivity index (χ1n) is 4.36. The summed E-state index contributed by atoms with van der Waals surface area (Å²) in [6, 6.07) is 0. The van der Waals surface area contributed by atoms with Crippen molar-refractivity contribution in [2.75, 3.05) is 7.11 Å². The highest BCUT2D eigenvalue weighted by Crippen LogP contribution is 2.29. The van der Waals surface area contributed by atoms with E-state index < -0.39 is 0 Å². The highest BCUT2D eigenvalue weighted by atomic mass is 127. The van der Waals surface area contributed by atoms with Crippen molar-refractivity contribution in [3.63, 3.8) is 0 Å². The van der Waals surface area contributed by atoms with Crippen molar-refractivity contribution in [3.05, 3.63) is 11.3 Å². The molecule has 0 saturated heterocycles. The van der Waals surface area contributed by atoms with Gasteiger partial charge in [0.1, 0.15) is 0 Å². The van der Waals surface area contributed by atoms with Crippen LogP contribution < -0.4 is 5.73 Å². The topological polar surface area (TPSA) is 76.2 Å². The van der Waals surface area contributed by atoms with Crippen LogP contribution in [0.5, 0.6) is 0 Å². The van der Waals surface area contributed by atoms with Gasteiger partial charge in [0.25, 0.3) is 0 Å². The van der Waals surface area contributed by atoms with Gasteiger partial charge in [-0.15, -0.1) is 0 Å². The summed E-state index contributed by atoms with van der Waals surface area (Å²) in [6.45, 7) is 0. The monoisotopic (exact) mass is 308 g/mol. The number of esters is 1. The van der Waals surface area contributed by atoms with E-state index in [0.29, 0.717) is 22.3 Å². The van der Waals surface area contributed by atoms with Gasteiger partial charge in [0.05, 0.1) is 16.7 Å². The first-order chi connectivity index (χ1) is 6.56. The van der Waals surface area contributed by atoms with Crippen LogP contribution in [0.3, 0.4) is 0 Å². The second-order valence-corrected chi connectivity index (χ2v) is 4.36. The van der Waals surface area contributed by atoms with Crippen LogP contribution in [0.25, 0.3) is 0 Å². The minimum Gasteiger partial charge on any atom is -0.469 e. The molecule has 0 aromatic rings. The van der Waals surface area contributed by atoms with E-state index in [0.717, 1.165) is 12.0 Å². The number of nitrogens with one attached hydrogen (secondary N) is 1. The van der Waals surface area contributed by atoms with Gasteiger partial charge >= 0.3 is 5.97 Å². The van der Waals surface area contributed by atoms with Crippen LogP contribution in [0.2, 0.25) is 0 Å². The Balaban J connectivity index is 2.73. The molecule has 0 heterocycles. The Hall–Kier alpha value is -0.590. The number of hydrogen-bond donors (Lipinski definition) is 2. The minimum atomic E-state index is -0.202. The molecular formula is C9H13IN2O2. The number of allylic oxidation sites excluding steroid dienone is 2. The molecule has 0 saturated carbocycles. The Morgan fingerprint density at radius 3 is 2.79 bits per heavy atom. The van der Waals surface area contributed by atoms with Crippen LogP contribution in [0.4, 0.5) is 0 Å². The summed E-state index contributed by atoms with van der Waals surface area (Å²) in [5, 5.41) is 7.47. The molecule has 3 N–H and O–H groups in total. The van der Waals surface area contributed by atoms with Crippen molar-refractivity contribution in [3.8, 4) is 0 Å². The summed E-state index contributed by atoms with van der Waals surface area (Å²) >= 11 is 1.94. The third kappa shape index (κ3) is 2.46. The lowest BCUT2D eigenvalue weighted by Crippen LogP contribution is -2.24. The second-order valence-electron chi connectivity index (χ2n) is 3.28. The number of halogens is 1. The summed E-state index contributed by atoms with van der Waals surface area (Å²) in [5.41, 5.74) is 7.33. The summed E-state index contributed by atoms with van der Waals surface area (Å²) in [7, 11) is 1.39. The predicted octanol–water partition coefficient (Wildman–Crippen LogP) is 1.58. The fourth-order valence-electron chi connectivity index (χ4n) is 1.59. The van der Waals surface area contributed by atoms with Crippen LogP contribution in [0.15, 0.2) is 11.3 Å². The number of carbonyl (C=O) groups excluding carboxylic acids is 1. The largest absolute Gasteiger partial charge is 0.469 e. The molecule has 0 fully saturated rings. The molecule has 4 nitrogen and oxygen atoms in total. The molecular weight excluding hydrogens is 295 g/mol. The number of carbonyl (C=O) groups is 1. The molecule has 1 rings (SSSR count). The lowest BCUT2D eigenvalue weighted by Gasteiger charge is -2.22. The van der Waals surface area contributed by atoms with Gasteiger partial charge in [-0.05, 0) is 35.4 Å². The molecule has 0 unspecified atom stereocenters. The third-order valence-electron chi connectivity index (χ3n) is 2.40. The van der Waals surface area contributed by atoms with Gasteiger partial charge in [0.2, 0.25) is 0 Å². The standard InChI is InChI=1S/C9H13IN2O2/c1-14-9(13)5-2-3-6(8(10)12)7(11)4-5/h5,12H,2-4,11H2,1H3/t5-/m1/s1. The van der Waals surface area contributed by atoms with Gasteiger partial charge in [0, 0.05) is 17.7 Å². The highest BCUT2D eigenvalue weighted by molar-refractivity contribution is 14.1. The molecule has 1 aliphatic carbocycles. The molecule has 1 aliphatic rings. The first kappa shape index (κ1) is 11.5. The van der Waals surface area contributed by atoms with E-state index in [-0.39, 0.29) is 11.9 Å². The maximum absolute atomic E-state index is 11.2. The minimum absolute atomic E-state index is 0.125. The average Bonchev–Trinajstić information content (AvgIpc) is 2.15. The quantitative estimate of drug-likeness (QED) is 0.462. The highest BCUT2D eigenvalue weighted by Gasteiger charge is 2.26. The van der Waals surface area contributed by atoms with E-state index in [1.165, 1.54) is 7.11 Å². The Bertz CT molecular complexity index is 299. The van der Waals surface area contributed by atoms with E-state index in [1.807, 2.05) is 22.6 Å². The molecule has 0 aliphatic heterocycles. The fourth-order valence-corrected chi connectivity index (χ4v) is 2.20. The van der Waals surface area contributed by atoms with Gasteiger partial charge in [-0.1, -0.05) is 0 Å². The van der Waals surface area contributed by atoms with Gasteiger partial charge < -0.3 is 10.5 Å². The molecule has 78 valence electrons. The SMILES string of the molecule is COC(=O)[C@@H]1CCC(C(=N)I)=C(N)C1. The Kier molecular flexibility index (Phi) is 3.91. The van der Waals surface area contributed by atoms with Gasteiger partial charge in [-0.2, -0.15) is 0 Å². The van der Waals surface area contributed by atoms with E-state index in [4.69, 9.17) is 11.1 Å². The average molecular weight is 308 g/mol. The van der Waals surface area contributed by atoms with Crippen LogP contribution in [0.1, 0.15) is 19.3 Å². The van der Waals surface area contributed by atoms with Crippen LogP contribution in [-0.4, -0.2) is 16.8 Å². The molecule has 0 amide bonds. The Morgan fingerprint density at radius 2 is 2.36 bits per heavy atom. The van der Waals surface area contributed by atoms with Gasteiger partial charge in [-0.25, -0.2) is 0 Å². The normalized spacial score (nSPS) is 22.0. The van der Waals surface area contributed by atoms with Crippen LogP contribution in [0, 0.1) is 11.3 Å². The van der Waals surface area contributed by atoms with E-state index in [9.17, 15) is 4.79 Å². The van der Waals surface area contributed by atoms with Crippen molar-refractivity contribution < 1.29 is 9.53 Å². The molecule has 5 heteroatoms. The van der Waals surface area contributed by atoms with Crippen molar-refractivity contribution in [2.45, 2.75) is 19.3 Å². The van der Waals surface area contributed by atoms with Gasteiger partial charge in [-0.3, -0.25) is 10.2 Å². The zero-order chi connectivity index (χ0) is 10.7. The Labute approximate surface area is 96.5 Å². The molecule has 0 aromatic heterocycles. The lowest BCUT2D eigenvalue weighted by molar-refractivity contribution is -0.145. The Morgan fingerprint density at radius 1 is 1.71 bits per heavy atom. The first-order valence-corrected chi connectivity index (χ1v) is 5.44. The molecule has 1 atom stereocenters. The smallest absolute Gasteiger partial charge is 0.309 e. The summed E-state index contributed by atoms with van der Waals surface area (Å²) in [6.07, 6.45) is 1.95. The molecule has 0 aromatic carbocycles. The van der Waals surface area contributed by atoms with Crippen LogP contribution in [-0.2, 0) is 9.53 Å². The number of hydrogen-bond acceptors (Lipinski definition) is 4. The van der Waals surface area contributed by atoms with Crippen molar-refractivity contribution in [1.29, 1.82) is 5.41 Å². The second kappa shape index (κ2) is 4.77. The summed E-state index contributed by atoms with van der Waals surface area (Å²) in [5.74, 6) is -0.327. The number of nitrogens with two attached hydrogens (primary N) is 1. The molecule has 0 bridgehead atoms. The van der Waals surface area contributed by atoms with Gasteiger partial charge in [0.15, 0.2) is 0 Å². The van der Waals surface area contributed by atoms with E-state index >= 15 is 0 Å². The fraction of sp³-hybridized carbons (Fsp3) is 0.556. The number of methoxy groups -OCH3 is 1. The molecule has 0 radical (unpaired) electrons. The van der Waals surface area contributed by atoms with Crippen LogP contribution >= 0.6 is 22.6 Å². The van der Waals surface area contributed by atoms with Crippen molar-refractivity contribution in [2.24, 2.45) is 11.7 Å². The lowest BCUT2D eigenvalue weighted by atomic mass is 9.88.